The van der Waals surface area contributed by atoms with Crippen LogP contribution in [0.25, 0.3) is 0 Å². The number of hydrogen-bond donors (Lipinski definition) is 2. The fraction of sp³-hybridized carbons (Fsp3) is 0.500. The van der Waals surface area contributed by atoms with E-state index >= 15 is 0 Å². The second-order valence-electron chi connectivity index (χ2n) is 9.83. The first-order valence-corrected chi connectivity index (χ1v) is 14.4. The van der Waals surface area contributed by atoms with Gasteiger partial charge in [-0.25, -0.2) is 13.2 Å². The molecule has 2 aromatic carbocycles. The first-order chi connectivity index (χ1) is 18.7. The monoisotopic (exact) mass is 559 g/mol. The molecular weight excluding hydrogens is 522 g/mol. The van der Waals surface area contributed by atoms with E-state index in [9.17, 15) is 23.4 Å². The first kappa shape index (κ1) is 30.4. The number of rotatable bonds is 14. The number of amides is 1. The summed E-state index contributed by atoms with van der Waals surface area (Å²) in [5, 5.41) is 30.8. The lowest BCUT2D eigenvalue weighted by molar-refractivity contribution is 0.0160. The van der Waals surface area contributed by atoms with Gasteiger partial charge in [-0.3, -0.25) is 4.90 Å². The Hall–Kier alpha value is -3.17. The van der Waals surface area contributed by atoms with Gasteiger partial charge in [0.1, 0.15) is 5.75 Å². The summed E-state index contributed by atoms with van der Waals surface area (Å²) in [5.41, 5.74) is 0.818. The number of aliphatic hydroxyl groups is 1. The summed E-state index contributed by atoms with van der Waals surface area (Å²) in [7, 11) is -2.58. The second kappa shape index (κ2) is 14.3. The number of carbonyl (C=O) groups is 1. The molecule has 39 heavy (non-hydrogen) atoms. The van der Waals surface area contributed by atoms with Gasteiger partial charge in [-0.05, 0) is 55.0 Å². The Morgan fingerprint density at radius 1 is 1.18 bits per heavy atom. The van der Waals surface area contributed by atoms with Crippen LogP contribution in [0.2, 0.25) is 0 Å². The van der Waals surface area contributed by atoms with E-state index in [1.807, 2.05) is 37.3 Å². The normalized spacial score (nSPS) is 17.8. The highest BCUT2D eigenvalue weighted by atomic mass is 32.2. The van der Waals surface area contributed by atoms with Gasteiger partial charge in [-0.2, -0.15) is 9.57 Å². The van der Waals surface area contributed by atoms with Gasteiger partial charge >= 0.3 is 6.09 Å². The van der Waals surface area contributed by atoms with E-state index in [0.717, 1.165) is 5.56 Å². The molecule has 3 rings (SSSR count). The standard InChI is InChI=1S/C28H37N3O7S/c1-21(7-6-15-29)18-30(39(35,36)25-12-10-24(37-2)11-13-25)19-27(32)26(17-22-8-4-3-5-9-22)31(28(33)34)23-14-16-38-20-23/h3-5,8-13,21,23,26-27,32H,6-7,14,16-20H2,1-2H3,(H,33,34)/t21?,23-,26-,27+/m0/s1. The molecule has 10 nitrogen and oxygen atoms in total. The van der Waals surface area contributed by atoms with Crippen LogP contribution in [-0.2, 0) is 21.2 Å². The van der Waals surface area contributed by atoms with Crippen molar-refractivity contribution >= 4 is 16.1 Å². The number of sulfonamides is 1. The van der Waals surface area contributed by atoms with Crippen LogP contribution in [0.1, 0.15) is 31.7 Å². The minimum absolute atomic E-state index is 0.0295. The Morgan fingerprint density at radius 2 is 1.87 bits per heavy atom. The predicted octanol–water partition coefficient (Wildman–Crippen LogP) is 3.37. The molecule has 0 aromatic heterocycles. The zero-order valence-electron chi connectivity index (χ0n) is 22.3. The Balaban J connectivity index is 1.96. The van der Waals surface area contributed by atoms with Crippen molar-refractivity contribution in [3.63, 3.8) is 0 Å². The highest BCUT2D eigenvalue weighted by Crippen LogP contribution is 2.25. The van der Waals surface area contributed by atoms with Gasteiger partial charge in [0.25, 0.3) is 0 Å². The number of nitrogens with zero attached hydrogens (tertiary/aromatic N) is 3. The average Bonchev–Trinajstić information content (AvgIpc) is 3.46. The van der Waals surface area contributed by atoms with Gasteiger partial charge in [0.05, 0.1) is 42.9 Å². The van der Waals surface area contributed by atoms with Crippen molar-refractivity contribution in [2.24, 2.45) is 5.92 Å². The molecule has 1 unspecified atom stereocenters. The van der Waals surface area contributed by atoms with Crippen LogP contribution in [0.5, 0.6) is 5.75 Å². The van der Waals surface area contributed by atoms with Crippen molar-refractivity contribution in [2.75, 3.05) is 33.4 Å². The van der Waals surface area contributed by atoms with E-state index in [4.69, 9.17) is 14.7 Å². The first-order valence-electron chi connectivity index (χ1n) is 13.0. The number of hydrogen-bond acceptors (Lipinski definition) is 7. The maximum Gasteiger partial charge on any atom is 0.407 e. The van der Waals surface area contributed by atoms with Crippen LogP contribution in [0, 0.1) is 17.2 Å². The fourth-order valence-corrected chi connectivity index (χ4v) is 6.41. The summed E-state index contributed by atoms with van der Waals surface area (Å²) in [6.07, 6.45) is -1.09. The topological polar surface area (TPSA) is 140 Å². The van der Waals surface area contributed by atoms with E-state index in [0.29, 0.717) is 25.2 Å². The molecule has 1 heterocycles. The number of carboxylic acid groups (broad SMARTS) is 1. The van der Waals surface area contributed by atoms with Gasteiger partial charge in [-0.1, -0.05) is 37.3 Å². The molecule has 1 saturated heterocycles. The van der Waals surface area contributed by atoms with Crippen molar-refractivity contribution in [3.8, 4) is 11.8 Å². The number of aliphatic hydroxyl groups excluding tert-OH is 1. The smallest absolute Gasteiger partial charge is 0.407 e. The molecule has 1 fully saturated rings. The van der Waals surface area contributed by atoms with E-state index < -0.39 is 34.3 Å². The highest BCUT2D eigenvalue weighted by Gasteiger charge is 2.39. The van der Waals surface area contributed by atoms with Crippen LogP contribution in [0.4, 0.5) is 4.79 Å². The molecule has 2 N–H and O–H groups in total. The third-order valence-electron chi connectivity index (χ3n) is 6.96. The van der Waals surface area contributed by atoms with Crippen molar-refractivity contribution in [1.82, 2.24) is 9.21 Å². The summed E-state index contributed by atoms with van der Waals surface area (Å²) in [6, 6.07) is 15.9. The van der Waals surface area contributed by atoms with Crippen LogP contribution in [0.3, 0.4) is 0 Å². The molecule has 0 saturated carbocycles. The molecule has 1 amide bonds. The van der Waals surface area contributed by atoms with E-state index in [2.05, 4.69) is 6.07 Å². The van der Waals surface area contributed by atoms with Crippen LogP contribution >= 0.6 is 0 Å². The molecule has 212 valence electrons. The van der Waals surface area contributed by atoms with Gasteiger partial charge < -0.3 is 19.7 Å². The van der Waals surface area contributed by atoms with Gasteiger partial charge in [0, 0.05) is 26.1 Å². The zero-order chi connectivity index (χ0) is 28.4. The molecule has 0 spiro atoms. The minimum Gasteiger partial charge on any atom is -0.497 e. The molecule has 4 atom stereocenters. The van der Waals surface area contributed by atoms with Crippen LogP contribution < -0.4 is 4.74 Å². The highest BCUT2D eigenvalue weighted by molar-refractivity contribution is 7.89. The molecule has 11 heteroatoms. The maximum atomic E-state index is 13.8. The summed E-state index contributed by atoms with van der Waals surface area (Å²) in [4.78, 5) is 13.7. The number of nitriles is 1. The average molecular weight is 560 g/mol. The third-order valence-corrected chi connectivity index (χ3v) is 8.81. The largest absolute Gasteiger partial charge is 0.497 e. The lowest BCUT2D eigenvalue weighted by atomic mass is 9.97. The molecular formula is C28H37N3O7S. The summed E-state index contributed by atoms with van der Waals surface area (Å²) >= 11 is 0. The fourth-order valence-electron chi connectivity index (χ4n) is 4.83. The summed E-state index contributed by atoms with van der Waals surface area (Å²) < 4.78 is 39.3. The lowest BCUT2D eigenvalue weighted by Gasteiger charge is -2.38. The third kappa shape index (κ3) is 8.16. The quantitative estimate of drug-likeness (QED) is 0.359. The number of ether oxygens (including phenoxy) is 2. The van der Waals surface area contributed by atoms with Crippen molar-refractivity contribution in [1.29, 1.82) is 5.26 Å². The SMILES string of the molecule is COc1ccc(S(=O)(=O)N(CC(C)CCC#N)C[C@@H](O)[C@H](Cc2ccccc2)N(C(=O)O)[C@H]2CCOC2)cc1. The van der Waals surface area contributed by atoms with Crippen molar-refractivity contribution < 1.29 is 32.9 Å². The molecule has 1 aliphatic rings. The lowest BCUT2D eigenvalue weighted by Crippen LogP contribution is -2.56. The maximum absolute atomic E-state index is 13.8. The zero-order valence-corrected chi connectivity index (χ0v) is 23.2. The second-order valence-corrected chi connectivity index (χ2v) is 11.8. The Labute approximate surface area is 230 Å². The number of methoxy groups -OCH3 is 1. The Kier molecular flexibility index (Phi) is 11.1. The predicted molar refractivity (Wildman–Crippen MR) is 145 cm³/mol. The molecule has 1 aliphatic heterocycles. The van der Waals surface area contributed by atoms with E-state index in [1.165, 1.54) is 28.4 Å². The Bertz CT molecular complexity index is 1200. The van der Waals surface area contributed by atoms with Gasteiger partial charge in [-0.15, -0.1) is 0 Å². The molecule has 0 aliphatic carbocycles. The van der Waals surface area contributed by atoms with Gasteiger partial charge in [0.15, 0.2) is 0 Å². The number of benzene rings is 2. The van der Waals surface area contributed by atoms with E-state index in [1.54, 1.807) is 12.1 Å². The van der Waals surface area contributed by atoms with Crippen molar-refractivity contribution in [3.05, 3.63) is 60.2 Å². The van der Waals surface area contributed by atoms with Crippen LogP contribution in [0.15, 0.2) is 59.5 Å². The van der Waals surface area contributed by atoms with E-state index in [-0.39, 0.29) is 43.4 Å². The van der Waals surface area contributed by atoms with Gasteiger partial charge in [0.2, 0.25) is 10.0 Å². The molecule has 2 aromatic rings. The Morgan fingerprint density at radius 3 is 2.44 bits per heavy atom. The summed E-state index contributed by atoms with van der Waals surface area (Å²) in [5.74, 6) is 0.331. The summed E-state index contributed by atoms with van der Waals surface area (Å²) in [6.45, 7) is 2.21. The van der Waals surface area contributed by atoms with Crippen LogP contribution in [-0.4, -0.2) is 85.5 Å². The molecule has 0 radical (unpaired) electrons. The molecule has 0 bridgehead atoms. The van der Waals surface area contributed by atoms with Crippen molar-refractivity contribution in [2.45, 2.75) is 55.7 Å². The minimum atomic E-state index is -4.07.